The highest BCUT2D eigenvalue weighted by atomic mass is 35.5. The molecule has 1 rings (SSSR count). The molecule has 0 fully saturated rings. The number of nitrogens with zero attached hydrogens (tertiary/aromatic N) is 2. The van der Waals surface area contributed by atoms with Crippen LogP contribution < -0.4 is 0 Å². The molecule has 15 heavy (non-hydrogen) atoms. The average Bonchev–Trinajstić information content (AvgIpc) is 2.44. The summed E-state index contributed by atoms with van der Waals surface area (Å²) >= 11 is 5.58. The molecule has 1 aromatic heterocycles. The van der Waals surface area contributed by atoms with E-state index in [1.165, 1.54) is 0 Å². The van der Waals surface area contributed by atoms with Crippen LogP contribution in [-0.2, 0) is 12.7 Å². The molecular weight excluding hydrogens is 233 g/mol. The van der Waals surface area contributed by atoms with Crippen molar-refractivity contribution in [2.45, 2.75) is 26.1 Å². The highest BCUT2D eigenvalue weighted by Gasteiger charge is 2.38. The van der Waals surface area contributed by atoms with E-state index >= 15 is 0 Å². The highest BCUT2D eigenvalue weighted by molar-refractivity contribution is 6.32. The van der Waals surface area contributed by atoms with Gasteiger partial charge < -0.3 is 0 Å². The third-order valence-corrected chi connectivity index (χ3v) is 2.15. The molecule has 0 aliphatic rings. The maximum atomic E-state index is 12.4. The van der Waals surface area contributed by atoms with Crippen molar-refractivity contribution in [1.82, 2.24) is 9.78 Å². The van der Waals surface area contributed by atoms with Crippen LogP contribution in [0.25, 0.3) is 0 Å². The van der Waals surface area contributed by atoms with E-state index in [2.05, 4.69) is 5.10 Å². The van der Waals surface area contributed by atoms with Crippen molar-refractivity contribution in [3.8, 4) is 0 Å². The monoisotopic (exact) mass is 240 g/mol. The van der Waals surface area contributed by atoms with E-state index in [1.807, 2.05) is 0 Å². The Balaban J connectivity index is 3.28. The maximum absolute atomic E-state index is 12.4. The predicted molar refractivity (Wildman–Crippen MR) is 47.9 cm³/mol. The smallest absolute Gasteiger partial charge is 0.298 e. The number of carbonyl (C=O) groups excluding carboxylic acids is 1. The Morgan fingerprint density at radius 2 is 2.13 bits per heavy atom. The van der Waals surface area contributed by atoms with Crippen LogP contribution in [0.1, 0.15) is 29.4 Å². The Morgan fingerprint density at radius 1 is 1.53 bits per heavy atom. The Morgan fingerprint density at radius 3 is 2.47 bits per heavy atom. The van der Waals surface area contributed by atoms with Gasteiger partial charge in [-0.15, -0.1) is 0 Å². The first-order valence-electron chi connectivity index (χ1n) is 4.20. The minimum Gasteiger partial charge on any atom is -0.298 e. The molecule has 0 aliphatic carbocycles. The van der Waals surface area contributed by atoms with Crippen molar-refractivity contribution in [3.05, 3.63) is 16.4 Å². The van der Waals surface area contributed by atoms with Crippen LogP contribution in [0.15, 0.2) is 0 Å². The second-order valence-corrected chi connectivity index (χ2v) is 3.25. The van der Waals surface area contributed by atoms with Crippen molar-refractivity contribution < 1.29 is 18.0 Å². The number of aryl methyl sites for hydroxylation is 1. The van der Waals surface area contributed by atoms with Crippen molar-refractivity contribution in [2.24, 2.45) is 0 Å². The number of halogens is 4. The number of aromatic nitrogens is 2. The number of carbonyl (C=O) groups is 1. The number of hydrogen-bond donors (Lipinski definition) is 0. The van der Waals surface area contributed by atoms with Crippen molar-refractivity contribution >= 4 is 17.9 Å². The van der Waals surface area contributed by atoms with E-state index in [0.717, 1.165) is 4.68 Å². The minimum atomic E-state index is -4.65. The lowest BCUT2D eigenvalue weighted by Gasteiger charge is -2.01. The van der Waals surface area contributed by atoms with Gasteiger partial charge in [0.2, 0.25) is 0 Å². The van der Waals surface area contributed by atoms with Crippen LogP contribution in [0.4, 0.5) is 13.2 Å². The molecule has 0 saturated heterocycles. The summed E-state index contributed by atoms with van der Waals surface area (Å²) in [4.78, 5) is 10.5. The van der Waals surface area contributed by atoms with Crippen molar-refractivity contribution in [3.63, 3.8) is 0 Å². The van der Waals surface area contributed by atoms with E-state index in [1.54, 1.807) is 6.92 Å². The zero-order chi connectivity index (χ0) is 11.6. The van der Waals surface area contributed by atoms with E-state index < -0.39 is 17.4 Å². The largest absolute Gasteiger partial charge is 0.435 e. The van der Waals surface area contributed by atoms with Gasteiger partial charge in [0.15, 0.2) is 12.0 Å². The fourth-order valence-electron chi connectivity index (χ4n) is 1.13. The lowest BCUT2D eigenvalue weighted by atomic mass is 10.2. The first-order chi connectivity index (χ1) is 6.91. The fourth-order valence-corrected chi connectivity index (χ4v) is 1.39. The van der Waals surface area contributed by atoms with Gasteiger partial charge in [0, 0.05) is 6.54 Å². The summed E-state index contributed by atoms with van der Waals surface area (Å²) in [6.07, 6.45) is -4.00. The van der Waals surface area contributed by atoms with Gasteiger partial charge in [-0.25, -0.2) is 0 Å². The van der Waals surface area contributed by atoms with Gasteiger partial charge in [0.25, 0.3) is 0 Å². The lowest BCUT2D eigenvalue weighted by Crippen LogP contribution is -2.09. The van der Waals surface area contributed by atoms with Gasteiger partial charge in [0.05, 0.1) is 5.56 Å². The summed E-state index contributed by atoms with van der Waals surface area (Å²) < 4.78 is 38.1. The molecule has 0 amide bonds. The summed E-state index contributed by atoms with van der Waals surface area (Å²) in [5, 5.41) is 3.01. The molecule has 0 aliphatic heterocycles. The standard InChI is InChI=1S/C8H8ClF3N2O/c1-2-3-14-7(9)5(4-15)6(13-14)8(10,11)12/h4H,2-3H2,1H3. The molecule has 0 atom stereocenters. The Hall–Kier alpha value is -1.04. The molecule has 84 valence electrons. The molecular formula is C8H8ClF3N2O. The van der Waals surface area contributed by atoms with Crippen molar-refractivity contribution in [2.75, 3.05) is 0 Å². The van der Waals surface area contributed by atoms with Crippen LogP contribution in [0.5, 0.6) is 0 Å². The quantitative estimate of drug-likeness (QED) is 0.762. The van der Waals surface area contributed by atoms with Gasteiger partial charge in [-0.1, -0.05) is 18.5 Å². The Labute approximate surface area is 88.8 Å². The Bertz CT molecular complexity index is 373. The van der Waals surface area contributed by atoms with Crippen LogP contribution >= 0.6 is 11.6 Å². The number of aldehydes is 1. The summed E-state index contributed by atoms with van der Waals surface area (Å²) in [6.45, 7) is 2.02. The van der Waals surface area contributed by atoms with Gasteiger partial charge in [-0.2, -0.15) is 18.3 Å². The molecule has 0 bridgehead atoms. The average molecular weight is 241 g/mol. The molecule has 0 saturated carbocycles. The minimum absolute atomic E-state index is 0.0737. The fraction of sp³-hybridized carbons (Fsp3) is 0.500. The van der Waals surface area contributed by atoms with E-state index in [4.69, 9.17) is 11.6 Å². The van der Waals surface area contributed by atoms with Gasteiger partial charge in [-0.3, -0.25) is 9.48 Å². The molecule has 0 spiro atoms. The molecule has 1 heterocycles. The summed E-state index contributed by atoms with van der Waals surface area (Å²) in [6, 6.07) is 0. The highest BCUT2D eigenvalue weighted by Crippen LogP contribution is 2.33. The summed E-state index contributed by atoms with van der Waals surface area (Å²) in [7, 11) is 0. The summed E-state index contributed by atoms with van der Waals surface area (Å²) in [5.41, 5.74) is -1.83. The SMILES string of the molecule is CCCn1nc(C(F)(F)F)c(C=O)c1Cl. The van der Waals surface area contributed by atoms with E-state index in [-0.39, 0.29) is 18.0 Å². The number of rotatable bonds is 3. The molecule has 0 N–H and O–H groups in total. The van der Waals surface area contributed by atoms with Gasteiger partial charge in [0.1, 0.15) is 5.15 Å². The van der Waals surface area contributed by atoms with Gasteiger partial charge >= 0.3 is 6.18 Å². The van der Waals surface area contributed by atoms with Crippen LogP contribution in [0.3, 0.4) is 0 Å². The number of alkyl halides is 3. The molecule has 1 aromatic rings. The molecule has 0 radical (unpaired) electrons. The zero-order valence-electron chi connectivity index (χ0n) is 7.81. The predicted octanol–water partition coefficient (Wildman–Crippen LogP) is 2.78. The third-order valence-electron chi connectivity index (χ3n) is 1.75. The molecule has 7 heteroatoms. The third kappa shape index (κ3) is 2.31. The summed E-state index contributed by atoms with van der Waals surface area (Å²) in [5.74, 6) is 0. The molecule has 3 nitrogen and oxygen atoms in total. The molecule has 0 unspecified atom stereocenters. The lowest BCUT2D eigenvalue weighted by molar-refractivity contribution is -0.141. The van der Waals surface area contributed by atoms with E-state index in [0.29, 0.717) is 6.42 Å². The van der Waals surface area contributed by atoms with Crippen LogP contribution in [0, 0.1) is 0 Å². The number of hydrogen-bond acceptors (Lipinski definition) is 2. The topological polar surface area (TPSA) is 34.9 Å². The maximum Gasteiger partial charge on any atom is 0.435 e. The van der Waals surface area contributed by atoms with Crippen LogP contribution in [-0.4, -0.2) is 16.1 Å². The van der Waals surface area contributed by atoms with Crippen molar-refractivity contribution in [1.29, 1.82) is 0 Å². The first-order valence-corrected chi connectivity index (χ1v) is 4.58. The second kappa shape index (κ2) is 4.22. The normalized spacial score (nSPS) is 11.8. The van der Waals surface area contributed by atoms with E-state index in [9.17, 15) is 18.0 Å². The molecule has 0 aromatic carbocycles. The zero-order valence-corrected chi connectivity index (χ0v) is 8.56. The Kier molecular flexibility index (Phi) is 3.38. The van der Waals surface area contributed by atoms with Gasteiger partial charge in [-0.05, 0) is 6.42 Å². The second-order valence-electron chi connectivity index (χ2n) is 2.89. The van der Waals surface area contributed by atoms with Crippen LogP contribution in [0.2, 0.25) is 5.15 Å². The first kappa shape index (κ1) is 12.0.